The molecule has 1 fully saturated rings. The maximum Gasteiger partial charge on any atom is 0.333 e. The summed E-state index contributed by atoms with van der Waals surface area (Å²) >= 11 is 0. The van der Waals surface area contributed by atoms with Crippen LogP contribution in [-0.2, 0) is 25.5 Å². The van der Waals surface area contributed by atoms with Crippen LogP contribution in [0, 0.1) is 22.7 Å². The average molecular weight is 374 g/mol. The molecule has 4 atom stereocenters. The van der Waals surface area contributed by atoms with Crippen LogP contribution in [0.2, 0.25) is 0 Å². The van der Waals surface area contributed by atoms with E-state index in [2.05, 4.69) is 13.8 Å². The van der Waals surface area contributed by atoms with E-state index < -0.39 is 0 Å². The number of carbonyl (C=O) groups excluding carboxylic acids is 2. The van der Waals surface area contributed by atoms with Gasteiger partial charge in [-0.2, -0.15) is 0 Å². The molecule has 0 aromatic carbocycles. The lowest BCUT2D eigenvalue weighted by molar-refractivity contribution is -0.161. The third-order valence-corrected chi connectivity index (χ3v) is 7.16. The summed E-state index contributed by atoms with van der Waals surface area (Å²) in [5.41, 5.74) is 1.37. The zero-order valence-corrected chi connectivity index (χ0v) is 16.7. The van der Waals surface area contributed by atoms with Gasteiger partial charge in [0.05, 0.1) is 32.7 Å². The highest BCUT2D eigenvalue weighted by atomic mass is 16.5. The van der Waals surface area contributed by atoms with Crippen LogP contribution in [0.4, 0.5) is 0 Å². The fourth-order valence-corrected chi connectivity index (χ4v) is 5.67. The van der Waals surface area contributed by atoms with Crippen molar-refractivity contribution in [3.63, 3.8) is 0 Å². The predicted octanol–water partition coefficient (Wildman–Crippen LogP) is 4.32. The molecule has 1 heterocycles. The molecule has 148 valence electrons. The number of allylic oxidation sites excluding steroid dienone is 1. The zero-order chi connectivity index (χ0) is 19.7. The summed E-state index contributed by atoms with van der Waals surface area (Å²) in [6.07, 6.45) is 10.5. The van der Waals surface area contributed by atoms with Crippen LogP contribution < -0.4 is 0 Å². The Morgan fingerprint density at radius 1 is 1.22 bits per heavy atom. The van der Waals surface area contributed by atoms with Crippen molar-refractivity contribution in [2.75, 3.05) is 14.2 Å². The van der Waals surface area contributed by atoms with Crippen LogP contribution in [0.1, 0.15) is 51.5 Å². The summed E-state index contributed by atoms with van der Waals surface area (Å²) in [6, 6.07) is 1.97. The number of esters is 2. The third kappa shape index (κ3) is 3.32. The van der Waals surface area contributed by atoms with Gasteiger partial charge >= 0.3 is 11.9 Å². The summed E-state index contributed by atoms with van der Waals surface area (Å²) in [4.78, 5) is 25.1. The minimum absolute atomic E-state index is 0.138. The van der Waals surface area contributed by atoms with E-state index in [1.165, 1.54) is 14.2 Å². The van der Waals surface area contributed by atoms with Crippen molar-refractivity contribution in [1.29, 1.82) is 0 Å². The molecule has 0 radical (unpaired) electrons. The maximum absolute atomic E-state index is 12.6. The summed E-state index contributed by atoms with van der Waals surface area (Å²) in [5, 5.41) is 0. The Labute approximate surface area is 161 Å². The number of ether oxygens (including phenoxy) is 2. The normalized spacial score (nSPS) is 33.0. The molecule has 0 amide bonds. The predicted molar refractivity (Wildman–Crippen MR) is 101 cm³/mol. The van der Waals surface area contributed by atoms with Gasteiger partial charge in [-0.15, -0.1) is 0 Å². The minimum Gasteiger partial charge on any atom is -0.472 e. The van der Waals surface area contributed by atoms with Crippen LogP contribution in [0.3, 0.4) is 0 Å². The first kappa shape index (κ1) is 19.7. The van der Waals surface area contributed by atoms with E-state index in [1.807, 2.05) is 12.1 Å². The first-order valence-corrected chi connectivity index (χ1v) is 9.74. The topological polar surface area (TPSA) is 65.7 Å². The molecule has 2 aliphatic rings. The van der Waals surface area contributed by atoms with Crippen molar-refractivity contribution < 1.29 is 23.5 Å². The molecule has 1 aromatic heterocycles. The van der Waals surface area contributed by atoms with E-state index in [0.717, 1.165) is 49.7 Å². The Hall–Kier alpha value is -2.04. The lowest BCUT2D eigenvalue weighted by Crippen LogP contribution is -2.54. The van der Waals surface area contributed by atoms with Gasteiger partial charge < -0.3 is 13.9 Å². The third-order valence-electron chi connectivity index (χ3n) is 7.16. The highest BCUT2D eigenvalue weighted by Crippen LogP contribution is 2.62. The number of furan rings is 1. The molecule has 0 bridgehead atoms. The smallest absolute Gasteiger partial charge is 0.333 e. The lowest BCUT2D eigenvalue weighted by atomic mass is 9.46. The molecule has 1 aromatic rings. The summed E-state index contributed by atoms with van der Waals surface area (Å²) in [5.74, 6) is -0.324. The van der Waals surface area contributed by atoms with Crippen molar-refractivity contribution in [1.82, 2.24) is 0 Å². The van der Waals surface area contributed by atoms with Crippen LogP contribution >= 0.6 is 0 Å². The zero-order valence-electron chi connectivity index (χ0n) is 16.7. The highest BCUT2D eigenvalue weighted by Gasteiger charge is 2.58. The van der Waals surface area contributed by atoms with Gasteiger partial charge in [0.2, 0.25) is 0 Å². The Bertz CT molecular complexity index is 719. The van der Waals surface area contributed by atoms with E-state index in [9.17, 15) is 9.59 Å². The monoisotopic (exact) mass is 374 g/mol. The van der Waals surface area contributed by atoms with Crippen LogP contribution in [0.25, 0.3) is 0 Å². The molecule has 5 heteroatoms. The number of rotatable bonds is 5. The lowest BCUT2D eigenvalue weighted by Gasteiger charge is -2.57. The fourth-order valence-electron chi connectivity index (χ4n) is 5.67. The molecule has 5 nitrogen and oxygen atoms in total. The molecule has 0 spiro atoms. The van der Waals surface area contributed by atoms with E-state index >= 15 is 0 Å². The minimum atomic E-state index is -0.277. The number of fused-ring (bicyclic) bond motifs is 1. The van der Waals surface area contributed by atoms with Gasteiger partial charge in [-0.1, -0.05) is 19.9 Å². The number of methoxy groups -OCH3 is 2. The molecule has 0 saturated heterocycles. The van der Waals surface area contributed by atoms with Crippen LogP contribution in [0.5, 0.6) is 0 Å². The molecular weight excluding hydrogens is 344 g/mol. The number of hydrogen-bond donors (Lipinski definition) is 0. The molecule has 2 aliphatic carbocycles. The molecule has 0 N–H and O–H groups in total. The second kappa shape index (κ2) is 7.53. The Morgan fingerprint density at radius 2 is 2.00 bits per heavy atom. The maximum atomic E-state index is 12.6. The number of carbonyl (C=O) groups is 2. The summed E-state index contributed by atoms with van der Waals surface area (Å²) in [6.45, 7) is 4.38. The Kier molecular flexibility index (Phi) is 5.50. The van der Waals surface area contributed by atoms with Crippen molar-refractivity contribution in [3.8, 4) is 0 Å². The van der Waals surface area contributed by atoms with Gasteiger partial charge in [0, 0.05) is 11.0 Å². The van der Waals surface area contributed by atoms with Crippen LogP contribution in [0.15, 0.2) is 34.7 Å². The fraction of sp³-hybridized carbons (Fsp3) is 0.636. The summed E-state index contributed by atoms with van der Waals surface area (Å²) in [7, 11) is 2.90. The first-order chi connectivity index (χ1) is 12.9. The van der Waals surface area contributed by atoms with Gasteiger partial charge in [0.1, 0.15) is 0 Å². The second-order valence-corrected chi connectivity index (χ2v) is 8.41. The first-order valence-electron chi connectivity index (χ1n) is 9.74. The van der Waals surface area contributed by atoms with Crippen LogP contribution in [-0.4, -0.2) is 26.2 Å². The van der Waals surface area contributed by atoms with Gasteiger partial charge in [0.15, 0.2) is 0 Å². The Morgan fingerprint density at radius 3 is 2.63 bits per heavy atom. The highest BCUT2D eigenvalue weighted by molar-refractivity contribution is 5.90. The number of hydrogen-bond acceptors (Lipinski definition) is 5. The number of aryl methyl sites for hydroxylation is 1. The van der Waals surface area contributed by atoms with E-state index in [1.54, 1.807) is 12.5 Å². The van der Waals surface area contributed by atoms with E-state index in [0.29, 0.717) is 0 Å². The average Bonchev–Trinajstić information content (AvgIpc) is 3.19. The molecular formula is C22H30O5. The SMILES string of the molecule is COC(=O)C1=CCCC2C1(C)CCC(C(=O)OC)C2(C)CCc1ccoc1. The van der Waals surface area contributed by atoms with Crippen molar-refractivity contribution in [2.24, 2.45) is 22.7 Å². The van der Waals surface area contributed by atoms with Crippen molar-refractivity contribution in [2.45, 2.75) is 52.4 Å². The van der Waals surface area contributed by atoms with Gasteiger partial charge in [-0.3, -0.25) is 4.79 Å². The second-order valence-electron chi connectivity index (χ2n) is 8.41. The van der Waals surface area contributed by atoms with E-state index in [-0.39, 0.29) is 34.6 Å². The van der Waals surface area contributed by atoms with Gasteiger partial charge in [-0.25, -0.2) is 4.79 Å². The molecule has 4 unspecified atom stereocenters. The van der Waals surface area contributed by atoms with Crippen molar-refractivity contribution >= 4 is 11.9 Å². The van der Waals surface area contributed by atoms with Gasteiger partial charge in [-0.05, 0) is 61.5 Å². The Balaban J connectivity index is 1.97. The molecule has 1 saturated carbocycles. The molecule has 27 heavy (non-hydrogen) atoms. The van der Waals surface area contributed by atoms with Crippen molar-refractivity contribution in [3.05, 3.63) is 35.8 Å². The largest absolute Gasteiger partial charge is 0.472 e. The van der Waals surface area contributed by atoms with E-state index in [4.69, 9.17) is 13.9 Å². The summed E-state index contributed by atoms with van der Waals surface area (Å²) < 4.78 is 15.5. The van der Waals surface area contributed by atoms with Gasteiger partial charge in [0.25, 0.3) is 0 Å². The quantitative estimate of drug-likeness (QED) is 0.718. The molecule has 3 rings (SSSR count). The molecule has 0 aliphatic heterocycles. The standard InChI is InChI=1S/C22H30O5/c1-21(11-8-15-10-13-27-14-15)17(20(24)26-4)9-12-22(2)16(19(23)25-3)6-5-7-18(21)22/h6,10,13-14,17-18H,5,7-9,11-12H2,1-4H3.